The summed E-state index contributed by atoms with van der Waals surface area (Å²) >= 11 is 0. The molecule has 1 saturated heterocycles. The fourth-order valence-electron chi connectivity index (χ4n) is 1.62. The zero-order valence-corrected chi connectivity index (χ0v) is 7.95. The number of rotatable bonds is 4. The van der Waals surface area contributed by atoms with Crippen molar-refractivity contribution < 1.29 is 5.11 Å². The molecule has 2 N–H and O–H groups in total. The van der Waals surface area contributed by atoms with Crippen LogP contribution in [0, 0.1) is 0 Å². The van der Waals surface area contributed by atoms with Crippen LogP contribution in [0.1, 0.15) is 0 Å². The molecular weight excluding hydrogens is 164 g/mol. The zero-order chi connectivity index (χ0) is 9.68. The average Bonchev–Trinajstić information content (AvgIpc) is 2.20. The third-order valence-corrected chi connectivity index (χ3v) is 2.41. The van der Waals surface area contributed by atoms with Gasteiger partial charge < -0.3 is 10.4 Å². The molecular formula is C10H18N2O. The van der Waals surface area contributed by atoms with Gasteiger partial charge in [0.2, 0.25) is 0 Å². The molecule has 1 heterocycles. The van der Waals surface area contributed by atoms with Gasteiger partial charge in [0, 0.05) is 26.2 Å². The van der Waals surface area contributed by atoms with Crippen molar-refractivity contribution in [1.82, 2.24) is 10.2 Å². The van der Waals surface area contributed by atoms with Gasteiger partial charge in [-0.1, -0.05) is 12.2 Å². The second-order valence-corrected chi connectivity index (χ2v) is 3.24. The Morgan fingerprint density at radius 2 is 1.85 bits per heavy atom. The molecule has 74 valence electrons. The summed E-state index contributed by atoms with van der Waals surface area (Å²) in [5.41, 5.74) is 0. The van der Waals surface area contributed by atoms with E-state index in [9.17, 15) is 5.11 Å². The van der Waals surface area contributed by atoms with E-state index in [1.807, 2.05) is 0 Å². The highest BCUT2D eigenvalue weighted by Crippen LogP contribution is 2.08. The molecule has 0 amide bonds. The summed E-state index contributed by atoms with van der Waals surface area (Å²) in [6.45, 7) is 11.2. The van der Waals surface area contributed by atoms with E-state index in [4.69, 9.17) is 0 Å². The van der Waals surface area contributed by atoms with Crippen molar-refractivity contribution in [3.05, 3.63) is 25.3 Å². The van der Waals surface area contributed by atoms with Gasteiger partial charge in [0.25, 0.3) is 0 Å². The molecule has 1 aliphatic rings. The van der Waals surface area contributed by atoms with Gasteiger partial charge in [-0.25, -0.2) is 0 Å². The van der Waals surface area contributed by atoms with Crippen LogP contribution < -0.4 is 5.32 Å². The molecule has 1 fully saturated rings. The van der Waals surface area contributed by atoms with Gasteiger partial charge in [0.15, 0.2) is 0 Å². The Morgan fingerprint density at radius 1 is 1.23 bits per heavy atom. The Bertz CT molecular complexity index is 176. The third kappa shape index (κ3) is 2.66. The number of nitrogens with zero attached hydrogens (tertiary/aromatic N) is 1. The number of nitrogens with one attached hydrogen (secondary N) is 1. The van der Waals surface area contributed by atoms with Gasteiger partial charge in [-0.2, -0.15) is 0 Å². The minimum absolute atomic E-state index is 0.0135. The minimum atomic E-state index is -0.504. The summed E-state index contributed by atoms with van der Waals surface area (Å²) in [5.74, 6) is 0. The first-order valence-corrected chi connectivity index (χ1v) is 4.67. The van der Waals surface area contributed by atoms with Gasteiger partial charge in [-0.05, 0) is 0 Å². The third-order valence-electron chi connectivity index (χ3n) is 2.41. The van der Waals surface area contributed by atoms with Crippen LogP contribution in [0.25, 0.3) is 0 Å². The van der Waals surface area contributed by atoms with Crippen LogP contribution in [0.2, 0.25) is 0 Å². The number of aliphatic hydroxyl groups is 1. The quantitative estimate of drug-likeness (QED) is 0.600. The van der Waals surface area contributed by atoms with Crippen LogP contribution in [0.3, 0.4) is 0 Å². The van der Waals surface area contributed by atoms with Gasteiger partial charge in [-0.15, -0.1) is 13.2 Å². The van der Waals surface area contributed by atoms with Crippen molar-refractivity contribution in [3.8, 4) is 0 Å². The highest BCUT2D eigenvalue weighted by Gasteiger charge is 2.22. The molecule has 3 heteroatoms. The van der Waals surface area contributed by atoms with Gasteiger partial charge in [0.05, 0.1) is 12.1 Å². The Balaban J connectivity index is 2.53. The van der Waals surface area contributed by atoms with Crippen molar-refractivity contribution in [2.24, 2.45) is 0 Å². The topological polar surface area (TPSA) is 35.5 Å². The number of hydrogen-bond donors (Lipinski definition) is 2. The Labute approximate surface area is 79.7 Å². The van der Waals surface area contributed by atoms with E-state index in [-0.39, 0.29) is 6.04 Å². The average molecular weight is 182 g/mol. The lowest BCUT2D eigenvalue weighted by atomic mass is 10.1. The van der Waals surface area contributed by atoms with Gasteiger partial charge in [-0.3, -0.25) is 4.90 Å². The molecule has 3 nitrogen and oxygen atoms in total. The number of hydrogen-bond acceptors (Lipinski definition) is 3. The summed E-state index contributed by atoms with van der Waals surface area (Å²) in [6.07, 6.45) is 2.85. The Hall–Kier alpha value is -0.640. The monoisotopic (exact) mass is 182 g/mol. The molecule has 0 radical (unpaired) electrons. The van der Waals surface area contributed by atoms with E-state index in [1.54, 1.807) is 12.2 Å². The van der Waals surface area contributed by atoms with E-state index in [1.165, 1.54) is 0 Å². The van der Waals surface area contributed by atoms with Crippen LogP contribution in [0.5, 0.6) is 0 Å². The predicted octanol–water partition coefficient (Wildman–Crippen LogP) is -0.00690. The van der Waals surface area contributed by atoms with Crippen molar-refractivity contribution >= 4 is 0 Å². The van der Waals surface area contributed by atoms with Crippen LogP contribution >= 0.6 is 0 Å². The van der Waals surface area contributed by atoms with E-state index in [2.05, 4.69) is 23.4 Å². The Kier molecular flexibility index (Phi) is 4.15. The minimum Gasteiger partial charge on any atom is -0.387 e. The highest BCUT2D eigenvalue weighted by molar-refractivity contribution is 5.00. The summed E-state index contributed by atoms with van der Waals surface area (Å²) in [5, 5.41) is 12.9. The number of aliphatic hydroxyl groups excluding tert-OH is 1. The standard InChI is InChI=1S/C10H18N2O/c1-3-9(10(13)4-2)12-7-5-11-6-8-12/h3-4,9-11,13H,1-2,5-8H2. The van der Waals surface area contributed by atoms with E-state index < -0.39 is 6.10 Å². The molecule has 13 heavy (non-hydrogen) atoms. The molecule has 0 aliphatic carbocycles. The van der Waals surface area contributed by atoms with Gasteiger partial charge in [0.1, 0.15) is 0 Å². The molecule has 0 spiro atoms. The fraction of sp³-hybridized carbons (Fsp3) is 0.600. The van der Waals surface area contributed by atoms with Gasteiger partial charge >= 0.3 is 0 Å². The zero-order valence-electron chi connectivity index (χ0n) is 7.95. The van der Waals surface area contributed by atoms with Crippen LogP contribution in [-0.2, 0) is 0 Å². The lowest BCUT2D eigenvalue weighted by molar-refractivity contribution is 0.0960. The molecule has 0 aromatic carbocycles. The summed E-state index contributed by atoms with van der Waals surface area (Å²) in [4.78, 5) is 2.22. The summed E-state index contributed by atoms with van der Waals surface area (Å²) in [7, 11) is 0. The second-order valence-electron chi connectivity index (χ2n) is 3.24. The summed E-state index contributed by atoms with van der Waals surface area (Å²) < 4.78 is 0. The van der Waals surface area contributed by atoms with Crippen molar-refractivity contribution in [3.63, 3.8) is 0 Å². The maximum atomic E-state index is 9.62. The van der Waals surface area contributed by atoms with E-state index in [0.717, 1.165) is 26.2 Å². The van der Waals surface area contributed by atoms with Crippen LogP contribution in [0.15, 0.2) is 25.3 Å². The molecule has 0 saturated carbocycles. The normalized spacial score (nSPS) is 23.5. The largest absolute Gasteiger partial charge is 0.387 e. The van der Waals surface area contributed by atoms with E-state index in [0.29, 0.717) is 0 Å². The molecule has 0 aromatic rings. The van der Waals surface area contributed by atoms with Crippen molar-refractivity contribution in [2.75, 3.05) is 26.2 Å². The number of piperazine rings is 1. The molecule has 0 aromatic heterocycles. The first-order valence-electron chi connectivity index (χ1n) is 4.67. The fourth-order valence-corrected chi connectivity index (χ4v) is 1.62. The first kappa shape index (κ1) is 10.4. The lowest BCUT2D eigenvalue weighted by Gasteiger charge is -2.34. The SMILES string of the molecule is C=CC(O)C(C=C)N1CCNCC1. The molecule has 2 atom stereocenters. The second kappa shape index (κ2) is 5.17. The smallest absolute Gasteiger partial charge is 0.0909 e. The Morgan fingerprint density at radius 3 is 2.31 bits per heavy atom. The van der Waals surface area contributed by atoms with Crippen LogP contribution in [0.4, 0.5) is 0 Å². The predicted molar refractivity (Wildman–Crippen MR) is 54.6 cm³/mol. The van der Waals surface area contributed by atoms with Crippen molar-refractivity contribution in [2.45, 2.75) is 12.1 Å². The molecule has 0 bridgehead atoms. The van der Waals surface area contributed by atoms with Crippen LogP contribution in [-0.4, -0.2) is 48.3 Å². The van der Waals surface area contributed by atoms with E-state index >= 15 is 0 Å². The summed E-state index contributed by atoms with van der Waals surface area (Å²) in [6, 6.07) is 0.0135. The maximum absolute atomic E-state index is 9.62. The highest BCUT2D eigenvalue weighted by atomic mass is 16.3. The molecule has 1 aliphatic heterocycles. The maximum Gasteiger partial charge on any atom is 0.0909 e. The molecule has 2 unspecified atom stereocenters. The molecule has 1 rings (SSSR count). The van der Waals surface area contributed by atoms with Crippen molar-refractivity contribution in [1.29, 1.82) is 0 Å². The lowest BCUT2D eigenvalue weighted by Crippen LogP contribution is -2.51. The first-order chi connectivity index (χ1) is 6.29.